The number of halogens is 3. The molecule has 6 atom stereocenters. The Morgan fingerprint density at radius 3 is 0.455 bits per heavy atom. The first-order chi connectivity index (χ1) is 11.4. The molecule has 0 aromatic rings. The predicted octanol–water partition coefficient (Wildman–Crippen LogP) is -12.5. The van der Waals surface area contributed by atoms with Gasteiger partial charge in [-0.25, -0.2) is 0 Å². The van der Waals surface area contributed by atoms with Gasteiger partial charge in [-0.15, -0.1) is 0 Å². The van der Waals surface area contributed by atoms with E-state index in [1.54, 1.807) is 0 Å². The summed E-state index contributed by atoms with van der Waals surface area (Å²) in [5.74, 6) is 0. The minimum absolute atomic E-state index is 0. The minimum atomic E-state index is 0. The van der Waals surface area contributed by atoms with E-state index in [-0.39, 0.29) is 118 Å². The van der Waals surface area contributed by atoms with E-state index in [4.69, 9.17) is 34.4 Å². The van der Waals surface area contributed by atoms with Crippen LogP contribution in [0.2, 0.25) is 0 Å². The number of rotatable bonds is 0. The average Bonchev–Trinajstić information content (AvgIpc) is 2.57. The molecule has 0 bridgehead atoms. The Kier molecular flexibility index (Phi) is 63.0. The second kappa shape index (κ2) is 35.1. The van der Waals surface area contributed by atoms with E-state index in [0.29, 0.717) is 0 Å². The van der Waals surface area contributed by atoms with Crippen LogP contribution in [-0.2, 0) is 17.4 Å². The van der Waals surface area contributed by atoms with Gasteiger partial charge in [0.1, 0.15) is 0 Å². The van der Waals surface area contributed by atoms with Crippen LogP contribution in [0.25, 0.3) is 0 Å². The Morgan fingerprint density at radius 2 is 0.394 bits per heavy atom. The molecular weight excluding hydrogens is 539 g/mol. The summed E-state index contributed by atoms with van der Waals surface area (Å²) in [7, 11) is 0. The molecule has 3 aliphatic rings. The second-order valence-electron chi connectivity index (χ2n) is 7.84. The molecule has 0 aliphatic heterocycles. The zero-order valence-corrected chi connectivity index (χ0v) is 23.0. The predicted molar refractivity (Wildman–Crippen MR) is 121 cm³/mol. The third-order valence-corrected chi connectivity index (χ3v) is 5.62. The van der Waals surface area contributed by atoms with E-state index in [0.717, 1.165) is 38.5 Å². The van der Waals surface area contributed by atoms with Gasteiger partial charge in [0.15, 0.2) is 0 Å². The van der Waals surface area contributed by atoms with Gasteiger partial charge in [-0.3, -0.25) is 0 Å². The van der Waals surface area contributed by atoms with Gasteiger partial charge in [0.05, 0.1) is 0 Å². The molecule has 211 valence electrons. The molecule has 3 saturated carbocycles. The second-order valence-corrected chi connectivity index (χ2v) is 7.84. The summed E-state index contributed by atoms with van der Waals surface area (Å²) >= 11 is 0. The van der Waals surface area contributed by atoms with Gasteiger partial charge in [-0.05, 0) is 38.5 Å². The van der Waals surface area contributed by atoms with E-state index in [2.05, 4.69) is 0 Å². The monoisotopic (exact) mass is 589 g/mol. The Labute approximate surface area is 229 Å². The molecule has 0 heterocycles. The fourth-order valence-corrected chi connectivity index (χ4v) is 3.56. The molecule has 0 unspecified atom stereocenters. The zero-order chi connectivity index (χ0) is 17.9. The van der Waals surface area contributed by atoms with Gasteiger partial charge in [0.2, 0.25) is 0 Å². The Morgan fingerprint density at radius 1 is 0.303 bits per heavy atom. The van der Waals surface area contributed by atoms with Crippen LogP contribution in [0.5, 0.6) is 0 Å². The molecule has 22 N–H and O–H groups in total. The van der Waals surface area contributed by atoms with E-state index in [9.17, 15) is 0 Å². The van der Waals surface area contributed by atoms with Crippen molar-refractivity contribution in [1.29, 1.82) is 0 Å². The normalized spacial score (nSPS) is 28.9. The third kappa shape index (κ3) is 27.4. The SMILES string of the molecule is N[C@@H]1CCCC[C@H]1N.N[C@@H]1CCCC[C@H]1N.N[C@@H]1CCCC[C@H]1N.O.O.O.O.O.[Cl-].[Cl-].[Cl-].[Cr+3]. The molecule has 33 heavy (non-hydrogen) atoms. The standard InChI is InChI=1S/3C6H14N2.3ClH.Cr.5H2O/c3*7-5-3-1-2-4-6(5)8;;;;;;;;;/h3*5-6H,1-4,7-8H2;3*1H;;5*1H2/q;;;;;;+3;;;;;/p-3/t3*5-,6-;;;;;;;;;/m111........./s1. The maximum absolute atomic E-state index is 5.65. The van der Waals surface area contributed by atoms with Crippen LogP contribution in [-0.4, -0.2) is 63.6 Å². The van der Waals surface area contributed by atoms with Crippen LogP contribution in [0.3, 0.4) is 0 Å². The van der Waals surface area contributed by atoms with Crippen LogP contribution < -0.4 is 71.6 Å². The van der Waals surface area contributed by atoms with Crippen molar-refractivity contribution in [3.8, 4) is 0 Å². The molecule has 0 amide bonds. The van der Waals surface area contributed by atoms with Crippen LogP contribution >= 0.6 is 0 Å². The minimum Gasteiger partial charge on any atom is -1.00 e. The first kappa shape index (κ1) is 59.2. The Hall–Kier alpha value is 0.962. The molecule has 0 spiro atoms. The Balaban J connectivity index is -0.0000000329. The molecule has 0 aromatic heterocycles. The molecule has 1 radical (unpaired) electrons. The molecule has 15 heteroatoms. The van der Waals surface area contributed by atoms with Crippen molar-refractivity contribution in [3.63, 3.8) is 0 Å². The summed E-state index contributed by atoms with van der Waals surface area (Å²) in [6.07, 6.45) is 14.4. The van der Waals surface area contributed by atoms with Crippen molar-refractivity contribution >= 4 is 0 Å². The van der Waals surface area contributed by atoms with E-state index >= 15 is 0 Å². The van der Waals surface area contributed by atoms with Crippen molar-refractivity contribution in [1.82, 2.24) is 0 Å². The number of hydrogen-bond acceptors (Lipinski definition) is 6. The summed E-state index contributed by atoms with van der Waals surface area (Å²) < 4.78 is 0. The summed E-state index contributed by atoms with van der Waals surface area (Å²) in [4.78, 5) is 0. The van der Waals surface area contributed by atoms with Crippen molar-refractivity contribution < 1.29 is 82.0 Å². The van der Waals surface area contributed by atoms with Gasteiger partial charge in [-0.1, -0.05) is 38.5 Å². The fraction of sp³-hybridized carbons (Fsp3) is 1.00. The molecule has 0 aromatic carbocycles. The summed E-state index contributed by atoms with van der Waals surface area (Å²) in [5, 5.41) is 0. The first-order valence-corrected chi connectivity index (χ1v) is 9.95. The van der Waals surface area contributed by atoms with Crippen LogP contribution in [0, 0.1) is 0 Å². The molecule has 3 rings (SSSR count). The number of hydrogen-bond donors (Lipinski definition) is 6. The van der Waals surface area contributed by atoms with Gasteiger partial charge >= 0.3 is 17.4 Å². The third-order valence-electron chi connectivity index (χ3n) is 5.62. The van der Waals surface area contributed by atoms with Crippen molar-refractivity contribution in [2.45, 2.75) is 113 Å². The number of nitrogens with two attached hydrogens (primary N) is 6. The van der Waals surface area contributed by atoms with Gasteiger partial charge < -0.3 is 99.0 Å². The summed E-state index contributed by atoms with van der Waals surface area (Å²) in [6.45, 7) is 0. The van der Waals surface area contributed by atoms with E-state index in [1.165, 1.54) is 38.5 Å². The van der Waals surface area contributed by atoms with Crippen LogP contribution in [0.15, 0.2) is 0 Å². The maximum Gasteiger partial charge on any atom is 3.00 e. The van der Waals surface area contributed by atoms with Crippen molar-refractivity contribution in [2.75, 3.05) is 0 Å². The molecule has 3 fully saturated rings. The van der Waals surface area contributed by atoms with Gasteiger partial charge in [-0.2, -0.15) is 0 Å². The van der Waals surface area contributed by atoms with Gasteiger partial charge in [0, 0.05) is 36.3 Å². The van der Waals surface area contributed by atoms with E-state index in [1.807, 2.05) is 0 Å². The fourth-order valence-electron chi connectivity index (χ4n) is 3.56. The topological polar surface area (TPSA) is 314 Å². The molecule has 3 aliphatic carbocycles. The van der Waals surface area contributed by atoms with Crippen LogP contribution in [0.4, 0.5) is 0 Å². The molecule has 11 nitrogen and oxygen atoms in total. The maximum atomic E-state index is 5.65. The largest absolute Gasteiger partial charge is 3.00 e. The average molecular weight is 591 g/mol. The molecule has 0 saturated heterocycles. The quantitative estimate of drug-likeness (QED) is 0.159. The summed E-state index contributed by atoms with van der Waals surface area (Å²) in [5.41, 5.74) is 33.9. The molecular formula is C18H52Cl3CrN6O5. The first-order valence-electron chi connectivity index (χ1n) is 9.95. The van der Waals surface area contributed by atoms with Crippen molar-refractivity contribution in [2.24, 2.45) is 34.4 Å². The summed E-state index contributed by atoms with van der Waals surface area (Å²) in [6, 6.07) is 1.69. The van der Waals surface area contributed by atoms with Gasteiger partial charge in [0.25, 0.3) is 0 Å². The van der Waals surface area contributed by atoms with Crippen molar-refractivity contribution in [3.05, 3.63) is 0 Å². The Bertz CT molecular complexity index is 276. The van der Waals surface area contributed by atoms with E-state index < -0.39 is 0 Å². The van der Waals surface area contributed by atoms with Crippen LogP contribution in [0.1, 0.15) is 77.0 Å². The smallest absolute Gasteiger partial charge is 1.00 e. The zero-order valence-electron chi connectivity index (χ0n) is 19.5.